The van der Waals surface area contributed by atoms with Gasteiger partial charge in [-0.2, -0.15) is 5.10 Å². The van der Waals surface area contributed by atoms with Crippen LogP contribution >= 0.6 is 23.8 Å². The van der Waals surface area contributed by atoms with Crippen LogP contribution in [0.15, 0.2) is 0 Å². The molecule has 0 bridgehead atoms. The van der Waals surface area contributed by atoms with Gasteiger partial charge in [0.05, 0.1) is 5.69 Å². The largest absolute Gasteiger partial charge is 0.300 e. The summed E-state index contributed by atoms with van der Waals surface area (Å²) in [5.74, 6) is 0.824. The van der Waals surface area contributed by atoms with E-state index in [0.717, 1.165) is 22.9 Å². The van der Waals surface area contributed by atoms with Gasteiger partial charge in [-0.3, -0.25) is 9.67 Å². The van der Waals surface area contributed by atoms with Gasteiger partial charge in [-0.15, -0.1) is 5.10 Å². The third-order valence-corrected chi connectivity index (χ3v) is 3.06. The van der Waals surface area contributed by atoms with E-state index in [-0.39, 0.29) is 0 Å². The molecule has 0 atom stereocenters. The minimum Gasteiger partial charge on any atom is -0.300 e. The molecule has 0 spiro atoms. The first-order valence-electron chi connectivity index (χ1n) is 4.18. The van der Waals surface area contributed by atoms with Crippen LogP contribution in [0.1, 0.15) is 12.6 Å². The molecule has 0 aromatic carbocycles. The second-order valence-electron chi connectivity index (χ2n) is 2.78. The molecule has 2 heterocycles. The van der Waals surface area contributed by atoms with E-state index in [1.165, 1.54) is 11.5 Å². The molecular weight excluding hydrogens is 218 g/mol. The molecule has 0 fully saturated rings. The fraction of sp³-hybridized carbons (Fsp3) is 0.429. The molecule has 0 unspecified atom stereocenters. The van der Waals surface area contributed by atoms with Gasteiger partial charge in [-0.1, -0.05) is 4.49 Å². The van der Waals surface area contributed by atoms with Crippen molar-refractivity contribution in [1.29, 1.82) is 0 Å². The van der Waals surface area contributed by atoms with Crippen LogP contribution in [0.4, 0.5) is 0 Å². The van der Waals surface area contributed by atoms with Crippen molar-refractivity contribution in [1.82, 2.24) is 24.4 Å². The quantitative estimate of drug-likeness (QED) is 0.795. The normalized spacial score (nSPS) is 10.7. The average Bonchev–Trinajstić information content (AvgIpc) is 2.71. The van der Waals surface area contributed by atoms with Crippen LogP contribution in [0, 0.1) is 11.7 Å². The molecule has 0 aliphatic heterocycles. The molecular formula is C7H9N5S2. The average molecular weight is 227 g/mol. The fourth-order valence-electron chi connectivity index (χ4n) is 1.22. The lowest BCUT2D eigenvalue weighted by Gasteiger charge is -1.99. The molecule has 0 aliphatic rings. The molecule has 0 saturated carbocycles. The zero-order valence-corrected chi connectivity index (χ0v) is 9.45. The number of hydrogen-bond acceptors (Lipinski definition) is 5. The monoisotopic (exact) mass is 227 g/mol. The van der Waals surface area contributed by atoms with Gasteiger partial charge in [0.2, 0.25) is 0 Å². The van der Waals surface area contributed by atoms with Crippen molar-refractivity contribution >= 4 is 23.8 Å². The molecule has 2 aromatic rings. The summed E-state index contributed by atoms with van der Waals surface area (Å²) in [6.45, 7) is 4.73. The van der Waals surface area contributed by atoms with Gasteiger partial charge in [-0.25, -0.2) is 0 Å². The number of aromatic nitrogens is 5. The second kappa shape index (κ2) is 3.58. The van der Waals surface area contributed by atoms with E-state index in [4.69, 9.17) is 12.2 Å². The third-order valence-electron chi connectivity index (χ3n) is 1.93. The minimum atomic E-state index is 0.635. The maximum atomic E-state index is 5.10. The first-order chi connectivity index (χ1) is 6.74. The molecule has 14 heavy (non-hydrogen) atoms. The Kier molecular flexibility index (Phi) is 2.42. The molecule has 74 valence electrons. The van der Waals surface area contributed by atoms with Crippen molar-refractivity contribution in [2.45, 2.75) is 20.4 Å². The highest BCUT2D eigenvalue weighted by molar-refractivity contribution is 7.71. The third kappa shape index (κ3) is 1.38. The van der Waals surface area contributed by atoms with Gasteiger partial charge < -0.3 is 0 Å². The van der Waals surface area contributed by atoms with E-state index in [0.29, 0.717) is 4.77 Å². The summed E-state index contributed by atoms with van der Waals surface area (Å²) in [6.07, 6.45) is 0. The van der Waals surface area contributed by atoms with Gasteiger partial charge in [-0.05, 0) is 37.6 Å². The number of nitrogens with zero attached hydrogens (tertiary/aromatic N) is 4. The molecule has 2 rings (SSSR count). The van der Waals surface area contributed by atoms with Crippen LogP contribution in [0.5, 0.6) is 0 Å². The van der Waals surface area contributed by atoms with E-state index in [1.807, 2.05) is 18.4 Å². The summed E-state index contributed by atoms with van der Waals surface area (Å²) in [5, 5.41) is 10.9. The van der Waals surface area contributed by atoms with E-state index in [9.17, 15) is 0 Å². The summed E-state index contributed by atoms with van der Waals surface area (Å²) in [6, 6.07) is 0. The first kappa shape index (κ1) is 9.47. The van der Waals surface area contributed by atoms with Gasteiger partial charge in [0.1, 0.15) is 4.88 Å². The Labute approximate surface area is 90.0 Å². The van der Waals surface area contributed by atoms with Crippen molar-refractivity contribution in [3.8, 4) is 10.7 Å². The summed E-state index contributed by atoms with van der Waals surface area (Å²) in [4.78, 5) is 0.971. The van der Waals surface area contributed by atoms with Crippen molar-refractivity contribution in [3.05, 3.63) is 10.5 Å². The number of nitrogens with one attached hydrogen (secondary N) is 1. The van der Waals surface area contributed by atoms with Crippen molar-refractivity contribution in [3.63, 3.8) is 0 Å². The zero-order chi connectivity index (χ0) is 10.1. The minimum absolute atomic E-state index is 0.635. The zero-order valence-electron chi connectivity index (χ0n) is 7.81. The van der Waals surface area contributed by atoms with Crippen LogP contribution in [0.2, 0.25) is 0 Å². The highest BCUT2D eigenvalue weighted by atomic mass is 32.1. The lowest BCUT2D eigenvalue weighted by molar-refractivity contribution is 0.756. The smallest absolute Gasteiger partial charge is 0.195 e. The molecule has 0 saturated heterocycles. The summed E-state index contributed by atoms with van der Waals surface area (Å²) in [7, 11) is 0. The Morgan fingerprint density at radius 1 is 1.57 bits per heavy atom. The summed E-state index contributed by atoms with van der Waals surface area (Å²) in [5.41, 5.74) is 0.888. The maximum Gasteiger partial charge on any atom is 0.195 e. The number of rotatable bonds is 2. The van der Waals surface area contributed by atoms with Gasteiger partial charge in [0, 0.05) is 6.54 Å². The van der Waals surface area contributed by atoms with E-state index < -0.39 is 0 Å². The topological polar surface area (TPSA) is 59.4 Å². The van der Waals surface area contributed by atoms with E-state index in [1.54, 1.807) is 0 Å². The Bertz CT molecular complexity index is 494. The molecule has 0 aliphatic carbocycles. The van der Waals surface area contributed by atoms with E-state index >= 15 is 0 Å². The van der Waals surface area contributed by atoms with Gasteiger partial charge in [0.25, 0.3) is 0 Å². The highest BCUT2D eigenvalue weighted by Gasteiger charge is 2.13. The highest BCUT2D eigenvalue weighted by Crippen LogP contribution is 2.23. The number of aryl methyl sites for hydroxylation is 1. The van der Waals surface area contributed by atoms with Crippen molar-refractivity contribution in [2.75, 3.05) is 0 Å². The number of aromatic amines is 1. The molecule has 2 aromatic heterocycles. The van der Waals surface area contributed by atoms with Crippen molar-refractivity contribution in [2.24, 2.45) is 0 Å². The summed E-state index contributed by atoms with van der Waals surface area (Å²) < 4.78 is 6.44. The predicted octanol–water partition coefficient (Wildman–Crippen LogP) is 1.79. The number of H-pyrrole nitrogens is 1. The standard InChI is InChI=1S/C7H9N5S2/c1-3-12-6(9-10-7(12)13)5-4(2)8-11-14-5/h3H2,1-2H3,(H,10,13). The molecule has 0 amide bonds. The number of hydrogen-bond donors (Lipinski definition) is 1. The second-order valence-corrected chi connectivity index (χ2v) is 3.92. The van der Waals surface area contributed by atoms with Crippen LogP contribution in [0.3, 0.4) is 0 Å². The Morgan fingerprint density at radius 3 is 2.93 bits per heavy atom. The van der Waals surface area contributed by atoms with Crippen LogP contribution in [-0.2, 0) is 6.54 Å². The lowest BCUT2D eigenvalue weighted by Crippen LogP contribution is -1.97. The summed E-state index contributed by atoms with van der Waals surface area (Å²) >= 11 is 6.43. The maximum absolute atomic E-state index is 5.10. The van der Waals surface area contributed by atoms with Gasteiger partial charge >= 0.3 is 0 Å². The SMILES string of the molecule is CCn1c(-c2snnc2C)n[nH]c1=S. The Balaban J connectivity index is 2.63. The predicted molar refractivity (Wildman–Crippen MR) is 56.7 cm³/mol. The first-order valence-corrected chi connectivity index (χ1v) is 5.36. The fourth-order valence-corrected chi connectivity index (χ4v) is 2.14. The van der Waals surface area contributed by atoms with Crippen LogP contribution in [0.25, 0.3) is 10.7 Å². The van der Waals surface area contributed by atoms with E-state index in [2.05, 4.69) is 19.8 Å². The lowest BCUT2D eigenvalue weighted by atomic mass is 10.4. The molecule has 5 nitrogen and oxygen atoms in total. The van der Waals surface area contributed by atoms with Crippen LogP contribution < -0.4 is 0 Å². The van der Waals surface area contributed by atoms with Gasteiger partial charge in [0.15, 0.2) is 10.6 Å². The van der Waals surface area contributed by atoms with Crippen molar-refractivity contribution < 1.29 is 0 Å². The molecule has 1 N–H and O–H groups in total. The Hall–Kier alpha value is -1.08. The molecule has 7 heteroatoms. The van der Waals surface area contributed by atoms with Crippen LogP contribution in [-0.4, -0.2) is 24.4 Å². The molecule has 0 radical (unpaired) electrons. The Morgan fingerprint density at radius 2 is 2.36 bits per heavy atom.